The van der Waals surface area contributed by atoms with Crippen molar-refractivity contribution in [3.05, 3.63) is 62.5 Å². The molecule has 0 saturated carbocycles. The van der Waals surface area contributed by atoms with Crippen LogP contribution in [0.2, 0.25) is 0 Å². The molecule has 1 aromatic carbocycles. The molecule has 7 nitrogen and oxygen atoms in total. The molecule has 0 aromatic heterocycles. The van der Waals surface area contributed by atoms with E-state index in [0.717, 1.165) is 17.7 Å². The Bertz CT molecular complexity index is 1020. The number of sulfone groups is 1. The summed E-state index contributed by atoms with van der Waals surface area (Å²) in [7, 11) is -6.35. The van der Waals surface area contributed by atoms with E-state index in [1.54, 1.807) is 24.3 Å². The molecule has 1 aromatic rings. The number of aliphatic hydroxyl groups is 1. The van der Waals surface area contributed by atoms with Crippen LogP contribution in [0.15, 0.2) is 56.9 Å². The summed E-state index contributed by atoms with van der Waals surface area (Å²) < 4.78 is 52.2. The van der Waals surface area contributed by atoms with Crippen LogP contribution in [0.4, 0.5) is 0 Å². The molecule has 2 aliphatic heterocycles. The predicted octanol–water partition coefficient (Wildman–Crippen LogP) is 1.56. The van der Waals surface area contributed by atoms with Crippen molar-refractivity contribution >= 4 is 31.6 Å². The van der Waals surface area contributed by atoms with Gasteiger partial charge in [0.25, 0.3) is 0 Å². The molecular weight excluding hydrogens is 386 g/mol. The van der Waals surface area contributed by atoms with Crippen LogP contribution in [0.1, 0.15) is 5.56 Å². The molecule has 0 fully saturated rings. The molecule has 0 saturated heterocycles. The van der Waals surface area contributed by atoms with E-state index in [1.807, 2.05) is 0 Å². The summed E-state index contributed by atoms with van der Waals surface area (Å²) >= 11 is 0.614. The van der Waals surface area contributed by atoms with E-state index in [9.17, 15) is 21.9 Å². The first kappa shape index (κ1) is 18.1. The molecule has 25 heavy (non-hydrogen) atoms. The molecule has 2 aliphatic rings. The lowest BCUT2D eigenvalue weighted by molar-refractivity contribution is 0.414. The standard InChI is InChI=1S/C15H15NO6S3/c1-22-10-4-2-9(3-5-10)6-11-7-13(17)12-8-14(25(16,20)21)23-15(12)24(11,18)19/h2-5,7-8,15,17H,6H2,1H3,(H2,16,20,21). The van der Waals surface area contributed by atoms with E-state index in [0.29, 0.717) is 17.5 Å². The second-order valence-corrected chi connectivity index (χ2v) is 10.8. The van der Waals surface area contributed by atoms with Crippen molar-refractivity contribution in [2.75, 3.05) is 7.11 Å². The van der Waals surface area contributed by atoms with Gasteiger partial charge in [-0.1, -0.05) is 23.9 Å². The van der Waals surface area contributed by atoms with Gasteiger partial charge in [0.2, 0.25) is 10.0 Å². The van der Waals surface area contributed by atoms with Gasteiger partial charge in [0, 0.05) is 12.0 Å². The van der Waals surface area contributed by atoms with Gasteiger partial charge in [-0.25, -0.2) is 22.0 Å². The number of ether oxygens (including phenoxy) is 1. The third-order valence-corrected chi connectivity index (χ3v) is 9.15. The highest BCUT2D eigenvalue weighted by atomic mass is 32.3. The number of rotatable bonds is 4. The summed E-state index contributed by atoms with van der Waals surface area (Å²) in [5, 5.41) is 15.2. The van der Waals surface area contributed by atoms with Gasteiger partial charge in [-0.05, 0) is 29.8 Å². The van der Waals surface area contributed by atoms with Gasteiger partial charge in [-0.15, -0.1) is 0 Å². The van der Waals surface area contributed by atoms with Crippen molar-refractivity contribution in [3.8, 4) is 5.75 Å². The molecule has 10 heteroatoms. The van der Waals surface area contributed by atoms with Gasteiger partial charge >= 0.3 is 0 Å². The highest BCUT2D eigenvalue weighted by Crippen LogP contribution is 2.47. The maximum Gasteiger partial charge on any atom is 0.244 e. The maximum absolute atomic E-state index is 12.8. The monoisotopic (exact) mass is 401 g/mol. The van der Waals surface area contributed by atoms with Crippen molar-refractivity contribution in [1.82, 2.24) is 0 Å². The third-order valence-electron chi connectivity index (χ3n) is 3.81. The number of hydrogen-bond acceptors (Lipinski definition) is 7. The van der Waals surface area contributed by atoms with Crippen molar-refractivity contribution < 1.29 is 26.7 Å². The maximum atomic E-state index is 12.8. The van der Waals surface area contributed by atoms with Gasteiger partial charge in [0.1, 0.15) is 20.3 Å². The van der Waals surface area contributed by atoms with E-state index < -0.39 is 24.4 Å². The lowest BCUT2D eigenvalue weighted by atomic mass is 10.1. The average molecular weight is 401 g/mol. The second kappa shape index (κ2) is 6.20. The topological polar surface area (TPSA) is 124 Å². The van der Waals surface area contributed by atoms with Crippen LogP contribution in [0, 0.1) is 0 Å². The Labute approximate surface area is 149 Å². The molecule has 3 rings (SSSR count). The van der Waals surface area contributed by atoms with Gasteiger partial charge in [-0.3, -0.25) is 0 Å². The van der Waals surface area contributed by atoms with E-state index >= 15 is 0 Å². The summed E-state index contributed by atoms with van der Waals surface area (Å²) in [6.07, 6.45) is 2.35. The number of primary sulfonamides is 1. The average Bonchev–Trinajstić information content (AvgIpc) is 3.01. The molecule has 0 aliphatic carbocycles. The Balaban J connectivity index is 1.97. The number of sulfonamides is 1. The number of benzene rings is 1. The summed E-state index contributed by atoms with van der Waals surface area (Å²) in [6, 6.07) is 6.86. The molecular formula is C15H15NO6S3. The highest BCUT2D eigenvalue weighted by Gasteiger charge is 2.43. The normalized spacial score (nSPS) is 22.2. The number of allylic oxidation sites excluding steroid dienone is 3. The quantitative estimate of drug-likeness (QED) is 0.784. The lowest BCUT2D eigenvalue weighted by Gasteiger charge is -2.21. The summed E-state index contributed by atoms with van der Waals surface area (Å²) in [6.45, 7) is 0. The van der Waals surface area contributed by atoms with Gasteiger partial charge in [-0.2, -0.15) is 0 Å². The molecule has 0 spiro atoms. The molecule has 1 atom stereocenters. The van der Waals surface area contributed by atoms with E-state index in [4.69, 9.17) is 9.88 Å². The first-order valence-electron chi connectivity index (χ1n) is 7.04. The first-order chi connectivity index (χ1) is 11.6. The van der Waals surface area contributed by atoms with Crippen molar-refractivity contribution in [3.63, 3.8) is 0 Å². The van der Waals surface area contributed by atoms with Crippen LogP contribution in [0.25, 0.3) is 0 Å². The number of fused-ring (bicyclic) bond motifs is 1. The highest BCUT2D eigenvalue weighted by molar-refractivity contribution is 8.25. The molecule has 0 bridgehead atoms. The number of hydrogen-bond donors (Lipinski definition) is 2. The minimum absolute atomic E-state index is 0.0143. The van der Waals surface area contributed by atoms with Crippen LogP contribution in [-0.2, 0) is 26.3 Å². The lowest BCUT2D eigenvalue weighted by Crippen LogP contribution is -2.25. The fourth-order valence-corrected chi connectivity index (χ4v) is 7.18. The first-order valence-corrected chi connectivity index (χ1v) is 11.0. The summed E-state index contributed by atoms with van der Waals surface area (Å²) in [5.41, 5.74) is 0.752. The van der Waals surface area contributed by atoms with Gasteiger partial charge in [0.05, 0.1) is 12.0 Å². The van der Waals surface area contributed by atoms with Crippen LogP contribution >= 0.6 is 11.8 Å². The smallest absolute Gasteiger partial charge is 0.244 e. The summed E-state index contributed by atoms with van der Waals surface area (Å²) in [5.74, 6) is 0.372. The largest absolute Gasteiger partial charge is 0.508 e. The zero-order chi connectivity index (χ0) is 18.4. The van der Waals surface area contributed by atoms with Crippen molar-refractivity contribution in [2.45, 2.75) is 11.0 Å². The molecule has 0 amide bonds. The fourth-order valence-electron chi connectivity index (χ4n) is 2.52. The Morgan fingerprint density at radius 3 is 2.44 bits per heavy atom. The van der Waals surface area contributed by atoms with Crippen LogP contribution in [0.3, 0.4) is 0 Å². The van der Waals surface area contributed by atoms with Crippen molar-refractivity contribution in [1.29, 1.82) is 0 Å². The van der Waals surface area contributed by atoms with E-state index in [1.165, 1.54) is 7.11 Å². The Morgan fingerprint density at radius 1 is 1.24 bits per heavy atom. The van der Waals surface area contributed by atoms with Crippen LogP contribution < -0.4 is 9.88 Å². The van der Waals surface area contributed by atoms with E-state index in [-0.39, 0.29) is 26.9 Å². The predicted molar refractivity (Wildman–Crippen MR) is 95.9 cm³/mol. The van der Waals surface area contributed by atoms with Crippen LogP contribution in [-0.4, -0.2) is 33.6 Å². The minimum atomic E-state index is -4.04. The van der Waals surface area contributed by atoms with Crippen molar-refractivity contribution in [2.24, 2.45) is 5.14 Å². The van der Waals surface area contributed by atoms with Crippen LogP contribution in [0.5, 0.6) is 5.75 Å². The number of nitrogens with two attached hydrogens (primary N) is 1. The molecule has 0 radical (unpaired) electrons. The van der Waals surface area contributed by atoms with Gasteiger partial charge in [0.15, 0.2) is 9.84 Å². The second-order valence-electron chi connectivity index (χ2n) is 5.48. The molecule has 2 heterocycles. The number of aliphatic hydroxyl groups excluding tert-OH is 1. The number of thioether (sulfide) groups is 1. The van der Waals surface area contributed by atoms with Gasteiger partial charge < -0.3 is 9.84 Å². The molecule has 1 unspecified atom stereocenters. The molecule has 3 N–H and O–H groups in total. The SMILES string of the molecule is COc1ccc(CC2=CC(O)=C3C=C(S(N)(=O)=O)SC3S2(=O)=O)cc1. The Kier molecular flexibility index (Phi) is 4.48. The van der Waals surface area contributed by atoms with E-state index in [2.05, 4.69) is 0 Å². The zero-order valence-electron chi connectivity index (χ0n) is 13.0. The fraction of sp³-hybridized carbons (Fsp3) is 0.200. The third kappa shape index (κ3) is 3.34. The summed E-state index contributed by atoms with van der Waals surface area (Å²) in [4.78, 5) is 0.0143. The number of methoxy groups -OCH3 is 1. The Hall–Kier alpha value is -1.75. The minimum Gasteiger partial charge on any atom is -0.508 e. The zero-order valence-corrected chi connectivity index (χ0v) is 15.5. The molecule has 134 valence electrons. The Morgan fingerprint density at radius 2 is 1.88 bits per heavy atom.